The number of fused-ring (bicyclic) bond motifs is 1. The van der Waals surface area contributed by atoms with Crippen LogP contribution in [0.1, 0.15) is 21.7 Å². The molecule has 4 nitrogen and oxygen atoms in total. The lowest BCUT2D eigenvalue weighted by atomic mass is 10.1. The van der Waals surface area contributed by atoms with Crippen LogP contribution in [0.4, 0.5) is 0 Å². The van der Waals surface area contributed by atoms with E-state index < -0.39 is 0 Å². The second-order valence-electron chi connectivity index (χ2n) is 5.13. The number of amides is 1. The second kappa shape index (κ2) is 5.66. The van der Waals surface area contributed by atoms with Gasteiger partial charge in [0.1, 0.15) is 5.15 Å². The molecule has 3 rings (SSSR count). The van der Waals surface area contributed by atoms with Crippen LogP contribution in [0.2, 0.25) is 5.15 Å². The van der Waals surface area contributed by atoms with E-state index in [1.54, 1.807) is 35.2 Å². The summed E-state index contributed by atoms with van der Waals surface area (Å²) in [6.45, 7) is 3.35. The van der Waals surface area contributed by atoms with Gasteiger partial charge in [0.05, 0.1) is 5.69 Å². The smallest absolute Gasteiger partial charge is 0.246 e. The third-order valence-electron chi connectivity index (χ3n) is 3.71. The molecule has 0 saturated heterocycles. The van der Waals surface area contributed by atoms with Gasteiger partial charge in [-0.15, -0.1) is 11.3 Å². The molecule has 2 aromatic rings. The monoisotopic (exact) mass is 321 g/mol. The molecule has 0 fully saturated rings. The highest BCUT2D eigenvalue weighted by Crippen LogP contribution is 2.24. The minimum Gasteiger partial charge on any atom is -0.334 e. The van der Waals surface area contributed by atoms with Gasteiger partial charge in [0.2, 0.25) is 5.91 Å². The quantitative estimate of drug-likeness (QED) is 0.797. The zero-order valence-corrected chi connectivity index (χ0v) is 13.5. The van der Waals surface area contributed by atoms with E-state index in [9.17, 15) is 4.79 Å². The van der Waals surface area contributed by atoms with Crippen molar-refractivity contribution in [2.24, 2.45) is 7.05 Å². The Balaban J connectivity index is 1.74. The Labute approximate surface area is 132 Å². The van der Waals surface area contributed by atoms with Crippen LogP contribution in [0, 0.1) is 6.92 Å². The first-order valence-electron chi connectivity index (χ1n) is 6.77. The summed E-state index contributed by atoms with van der Waals surface area (Å²) in [4.78, 5) is 15.6. The number of aryl methyl sites for hydroxylation is 2. The van der Waals surface area contributed by atoms with Gasteiger partial charge in [-0.3, -0.25) is 9.48 Å². The first-order chi connectivity index (χ1) is 10.1. The SMILES string of the molecule is Cc1nn(C)c(Cl)c1/C=C/C(=O)N1CCc2sccc2C1. The van der Waals surface area contributed by atoms with Crippen molar-refractivity contribution in [2.45, 2.75) is 19.9 Å². The topological polar surface area (TPSA) is 38.1 Å². The maximum absolute atomic E-state index is 12.3. The van der Waals surface area contributed by atoms with Crippen LogP contribution in [0.5, 0.6) is 0 Å². The van der Waals surface area contributed by atoms with E-state index in [-0.39, 0.29) is 5.91 Å². The highest BCUT2D eigenvalue weighted by Gasteiger charge is 2.20. The Morgan fingerprint density at radius 3 is 3.05 bits per heavy atom. The van der Waals surface area contributed by atoms with E-state index in [1.807, 2.05) is 11.8 Å². The average molecular weight is 322 g/mol. The molecular weight excluding hydrogens is 306 g/mol. The van der Waals surface area contributed by atoms with Gasteiger partial charge in [0.25, 0.3) is 0 Å². The fraction of sp³-hybridized carbons (Fsp3) is 0.333. The number of carbonyl (C=O) groups excluding carboxylic acids is 1. The fourth-order valence-corrected chi connectivity index (χ4v) is 3.66. The molecule has 0 radical (unpaired) electrons. The molecule has 1 aliphatic heterocycles. The summed E-state index contributed by atoms with van der Waals surface area (Å²) in [5, 5.41) is 6.88. The summed E-state index contributed by atoms with van der Waals surface area (Å²) < 4.78 is 1.61. The molecule has 2 aromatic heterocycles. The molecular formula is C15H16ClN3OS. The van der Waals surface area contributed by atoms with Crippen LogP contribution in [0.3, 0.4) is 0 Å². The largest absolute Gasteiger partial charge is 0.334 e. The molecule has 0 aromatic carbocycles. The number of hydrogen-bond acceptors (Lipinski definition) is 3. The van der Waals surface area contributed by atoms with Gasteiger partial charge < -0.3 is 4.90 Å². The number of thiophene rings is 1. The van der Waals surface area contributed by atoms with Crippen molar-refractivity contribution in [3.63, 3.8) is 0 Å². The van der Waals surface area contributed by atoms with E-state index >= 15 is 0 Å². The first kappa shape index (κ1) is 14.4. The minimum atomic E-state index is 0.0196. The highest BCUT2D eigenvalue weighted by atomic mass is 35.5. The molecule has 0 unspecified atom stereocenters. The number of halogens is 1. The first-order valence-corrected chi connectivity index (χ1v) is 8.03. The lowest BCUT2D eigenvalue weighted by Gasteiger charge is -2.25. The van der Waals surface area contributed by atoms with Gasteiger partial charge in [0.15, 0.2) is 0 Å². The molecule has 0 saturated carbocycles. The van der Waals surface area contributed by atoms with Gasteiger partial charge in [0, 0.05) is 36.7 Å². The van der Waals surface area contributed by atoms with E-state index in [2.05, 4.69) is 16.5 Å². The molecule has 0 bridgehead atoms. The van der Waals surface area contributed by atoms with Gasteiger partial charge >= 0.3 is 0 Å². The maximum Gasteiger partial charge on any atom is 0.246 e. The Kier molecular flexibility index (Phi) is 3.87. The van der Waals surface area contributed by atoms with Crippen molar-refractivity contribution in [1.82, 2.24) is 14.7 Å². The molecule has 1 amide bonds. The predicted molar refractivity (Wildman–Crippen MR) is 85.4 cm³/mol. The summed E-state index contributed by atoms with van der Waals surface area (Å²) in [5.41, 5.74) is 2.90. The van der Waals surface area contributed by atoms with Crippen molar-refractivity contribution in [1.29, 1.82) is 0 Å². The number of rotatable bonds is 2. The van der Waals surface area contributed by atoms with Gasteiger partial charge in [-0.25, -0.2) is 0 Å². The zero-order valence-electron chi connectivity index (χ0n) is 12.0. The second-order valence-corrected chi connectivity index (χ2v) is 6.48. The number of nitrogens with zero attached hydrogens (tertiary/aromatic N) is 3. The van der Waals surface area contributed by atoms with E-state index in [4.69, 9.17) is 11.6 Å². The molecule has 3 heterocycles. The van der Waals surface area contributed by atoms with Gasteiger partial charge in [-0.1, -0.05) is 11.6 Å². The molecule has 6 heteroatoms. The predicted octanol–water partition coefficient (Wildman–Crippen LogP) is 3.04. The standard InChI is InChI=1S/C15H16ClN3OS/c1-10-12(15(16)18(2)17-10)3-4-14(20)19-7-5-13-11(9-19)6-8-21-13/h3-4,6,8H,5,7,9H2,1-2H3/b4-3+. The summed E-state index contributed by atoms with van der Waals surface area (Å²) in [5.74, 6) is 0.0196. The zero-order chi connectivity index (χ0) is 15.0. The Morgan fingerprint density at radius 2 is 2.33 bits per heavy atom. The van der Waals surface area contributed by atoms with Crippen molar-refractivity contribution in [3.05, 3.63) is 44.4 Å². The van der Waals surface area contributed by atoms with Crippen molar-refractivity contribution in [2.75, 3.05) is 6.54 Å². The van der Waals surface area contributed by atoms with Crippen LogP contribution in [-0.4, -0.2) is 27.1 Å². The number of aromatic nitrogens is 2. The molecule has 1 aliphatic rings. The Bertz CT molecular complexity index is 717. The minimum absolute atomic E-state index is 0.0196. The molecule has 0 spiro atoms. The highest BCUT2D eigenvalue weighted by molar-refractivity contribution is 7.10. The Hall–Kier alpha value is -1.59. The number of hydrogen-bond donors (Lipinski definition) is 0. The van der Waals surface area contributed by atoms with Crippen molar-refractivity contribution >= 4 is 34.9 Å². The molecule has 21 heavy (non-hydrogen) atoms. The third kappa shape index (κ3) is 2.76. The number of carbonyl (C=O) groups is 1. The fourth-order valence-electron chi connectivity index (χ4n) is 2.53. The normalized spacial score (nSPS) is 14.7. The van der Waals surface area contributed by atoms with E-state index in [0.717, 1.165) is 24.2 Å². The van der Waals surface area contributed by atoms with Gasteiger partial charge in [-0.2, -0.15) is 5.10 Å². The van der Waals surface area contributed by atoms with Crippen molar-refractivity contribution in [3.8, 4) is 0 Å². The summed E-state index contributed by atoms with van der Waals surface area (Å²) in [7, 11) is 1.79. The van der Waals surface area contributed by atoms with Crippen LogP contribution in [0.25, 0.3) is 6.08 Å². The van der Waals surface area contributed by atoms with Crippen LogP contribution < -0.4 is 0 Å². The average Bonchev–Trinajstić information content (AvgIpc) is 3.02. The lowest BCUT2D eigenvalue weighted by Crippen LogP contribution is -2.34. The van der Waals surface area contributed by atoms with E-state index in [0.29, 0.717) is 11.7 Å². The maximum atomic E-state index is 12.3. The van der Waals surface area contributed by atoms with Crippen LogP contribution in [0.15, 0.2) is 17.5 Å². The van der Waals surface area contributed by atoms with Gasteiger partial charge in [-0.05, 0) is 36.4 Å². The molecule has 0 atom stereocenters. The van der Waals surface area contributed by atoms with Crippen LogP contribution >= 0.6 is 22.9 Å². The summed E-state index contributed by atoms with van der Waals surface area (Å²) in [6.07, 6.45) is 4.29. The summed E-state index contributed by atoms with van der Waals surface area (Å²) in [6, 6.07) is 2.10. The Morgan fingerprint density at radius 1 is 1.52 bits per heavy atom. The molecule has 0 N–H and O–H groups in total. The lowest BCUT2D eigenvalue weighted by molar-refractivity contribution is -0.126. The van der Waals surface area contributed by atoms with E-state index in [1.165, 1.54) is 10.4 Å². The molecule has 0 aliphatic carbocycles. The third-order valence-corrected chi connectivity index (χ3v) is 5.18. The summed E-state index contributed by atoms with van der Waals surface area (Å²) >= 11 is 7.93. The molecule has 110 valence electrons. The van der Waals surface area contributed by atoms with Crippen molar-refractivity contribution < 1.29 is 4.79 Å². The van der Waals surface area contributed by atoms with Crippen LogP contribution in [-0.2, 0) is 24.8 Å².